The summed E-state index contributed by atoms with van der Waals surface area (Å²) in [6, 6.07) is 11.4. The van der Waals surface area contributed by atoms with Gasteiger partial charge in [-0.2, -0.15) is 13.2 Å². The van der Waals surface area contributed by atoms with Crippen molar-refractivity contribution in [2.45, 2.75) is 57.1 Å². The summed E-state index contributed by atoms with van der Waals surface area (Å²) in [4.78, 5) is 12.5. The smallest absolute Gasteiger partial charge is 0.419 e. The summed E-state index contributed by atoms with van der Waals surface area (Å²) in [5, 5.41) is 0. The van der Waals surface area contributed by atoms with E-state index in [0.717, 1.165) is 37.5 Å². The summed E-state index contributed by atoms with van der Waals surface area (Å²) in [5.41, 5.74) is -1.82. The highest BCUT2D eigenvalue weighted by Crippen LogP contribution is 2.46. The lowest BCUT2D eigenvalue weighted by Gasteiger charge is -2.36. The van der Waals surface area contributed by atoms with E-state index in [-0.39, 0.29) is 29.4 Å². The maximum atomic E-state index is 13.6. The van der Waals surface area contributed by atoms with Crippen LogP contribution in [0.3, 0.4) is 0 Å². The molecule has 30 heavy (non-hydrogen) atoms. The van der Waals surface area contributed by atoms with Crippen LogP contribution >= 0.6 is 0 Å². The van der Waals surface area contributed by atoms with Crippen LogP contribution in [-0.2, 0) is 10.9 Å². The molecule has 2 aliphatic rings. The average molecular weight is 420 g/mol. The molecule has 0 spiro atoms. The molecule has 0 N–H and O–H groups in total. The standard InChI is InChI=1S/C23H23F3O4/c1-22(2,18-13-16-9-11-19(18)28-16)30-20-12-14(8-10-17(20)23(24,25)26)21(27)29-15-6-4-3-5-7-15/h3-8,10,12,16,18-19H,9,11,13H2,1-2H3. The minimum absolute atomic E-state index is 0.00874. The van der Waals surface area contributed by atoms with E-state index in [2.05, 4.69) is 0 Å². The molecule has 4 rings (SSSR count). The molecule has 2 aliphatic heterocycles. The van der Waals surface area contributed by atoms with Crippen LogP contribution in [-0.4, -0.2) is 23.8 Å². The molecule has 2 aromatic carbocycles. The van der Waals surface area contributed by atoms with Gasteiger partial charge in [-0.15, -0.1) is 0 Å². The van der Waals surface area contributed by atoms with Gasteiger partial charge in [-0.05, 0) is 63.4 Å². The lowest BCUT2D eigenvalue weighted by Crippen LogP contribution is -2.43. The fourth-order valence-corrected chi connectivity index (χ4v) is 4.35. The number of rotatable bonds is 5. The number of carbonyl (C=O) groups is 1. The Labute approximate surface area is 172 Å². The summed E-state index contributed by atoms with van der Waals surface area (Å²) in [6.45, 7) is 3.55. The highest BCUT2D eigenvalue weighted by molar-refractivity contribution is 5.91. The maximum absolute atomic E-state index is 13.6. The van der Waals surface area contributed by atoms with Crippen LogP contribution in [0, 0.1) is 5.92 Å². The summed E-state index contributed by atoms with van der Waals surface area (Å²) in [5.74, 6) is -0.833. The molecule has 2 aromatic rings. The molecular weight excluding hydrogens is 397 g/mol. The first-order valence-corrected chi connectivity index (χ1v) is 9.96. The Bertz CT molecular complexity index is 924. The minimum atomic E-state index is -4.61. The van der Waals surface area contributed by atoms with Gasteiger partial charge in [0.1, 0.15) is 17.1 Å². The van der Waals surface area contributed by atoms with Crippen molar-refractivity contribution in [3.63, 3.8) is 0 Å². The second kappa shape index (κ2) is 7.61. The molecule has 0 aromatic heterocycles. The molecule has 2 bridgehead atoms. The normalized spacial score (nSPS) is 23.4. The van der Waals surface area contributed by atoms with Gasteiger partial charge in [0.2, 0.25) is 0 Å². The van der Waals surface area contributed by atoms with Crippen molar-refractivity contribution in [2.75, 3.05) is 0 Å². The van der Waals surface area contributed by atoms with E-state index in [9.17, 15) is 18.0 Å². The van der Waals surface area contributed by atoms with Crippen molar-refractivity contribution < 1.29 is 32.2 Å². The molecule has 0 amide bonds. The van der Waals surface area contributed by atoms with Crippen LogP contribution in [0.25, 0.3) is 0 Å². The van der Waals surface area contributed by atoms with Crippen molar-refractivity contribution in [2.24, 2.45) is 5.92 Å². The largest absolute Gasteiger partial charge is 0.487 e. The topological polar surface area (TPSA) is 44.8 Å². The van der Waals surface area contributed by atoms with Crippen molar-refractivity contribution >= 4 is 5.97 Å². The maximum Gasteiger partial charge on any atom is 0.419 e. The second-order valence-electron chi connectivity index (χ2n) is 8.33. The van der Waals surface area contributed by atoms with Crippen LogP contribution in [0.5, 0.6) is 11.5 Å². The number of ether oxygens (including phenoxy) is 3. The predicted molar refractivity (Wildman–Crippen MR) is 104 cm³/mol. The van der Waals surface area contributed by atoms with E-state index < -0.39 is 23.3 Å². The van der Waals surface area contributed by atoms with Gasteiger partial charge in [0.15, 0.2) is 0 Å². The van der Waals surface area contributed by atoms with Gasteiger partial charge in [0.05, 0.1) is 23.3 Å². The number of hydrogen-bond acceptors (Lipinski definition) is 4. The van der Waals surface area contributed by atoms with Crippen LogP contribution in [0.2, 0.25) is 0 Å². The number of hydrogen-bond donors (Lipinski definition) is 0. The van der Waals surface area contributed by atoms with E-state index in [0.29, 0.717) is 5.75 Å². The molecular formula is C23H23F3O4. The summed E-state index contributed by atoms with van der Waals surface area (Å²) in [6.07, 6.45) is -1.85. The molecule has 0 radical (unpaired) electrons. The molecule has 7 heteroatoms. The van der Waals surface area contributed by atoms with Gasteiger partial charge >= 0.3 is 12.1 Å². The van der Waals surface area contributed by atoms with Gasteiger partial charge in [-0.3, -0.25) is 0 Å². The lowest BCUT2D eigenvalue weighted by atomic mass is 9.78. The lowest BCUT2D eigenvalue weighted by molar-refractivity contribution is -0.140. The summed E-state index contributed by atoms with van der Waals surface area (Å²) < 4.78 is 57.9. The van der Waals surface area contributed by atoms with E-state index in [1.807, 2.05) is 0 Å². The van der Waals surface area contributed by atoms with Gasteiger partial charge in [0, 0.05) is 5.92 Å². The summed E-state index contributed by atoms with van der Waals surface area (Å²) in [7, 11) is 0. The zero-order valence-corrected chi connectivity index (χ0v) is 16.7. The highest BCUT2D eigenvalue weighted by atomic mass is 19.4. The third-order valence-electron chi connectivity index (χ3n) is 5.85. The third kappa shape index (κ3) is 4.17. The highest BCUT2D eigenvalue weighted by Gasteiger charge is 2.49. The number of esters is 1. The first kappa shape index (κ1) is 20.7. The molecule has 160 valence electrons. The van der Waals surface area contributed by atoms with Crippen molar-refractivity contribution in [3.8, 4) is 11.5 Å². The zero-order chi connectivity index (χ0) is 21.5. The van der Waals surface area contributed by atoms with Crippen molar-refractivity contribution in [3.05, 3.63) is 59.7 Å². The fraction of sp³-hybridized carbons (Fsp3) is 0.435. The van der Waals surface area contributed by atoms with Crippen molar-refractivity contribution in [1.82, 2.24) is 0 Å². The Balaban J connectivity index is 1.61. The van der Waals surface area contributed by atoms with Crippen LogP contribution in [0.15, 0.2) is 48.5 Å². The molecule has 0 aliphatic carbocycles. The summed E-state index contributed by atoms with van der Waals surface area (Å²) >= 11 is 0. The molecule has 3 atom stereocenters. The Kier molecular flexibility index (Phi) is 5.26. The predicted octanol–water partition coefficient (Wildman–Crippen LogP) is 5.65. The molecule has 3 unspecified atom stereocenters. The Morgan fingerprint density at radius 1 is 1.07 bits per heavy atom. The number of alkyl halides is 3. The molecule has 2 saturated heterocycles. The molecule has 4 nitrogen and oxygen atoms in total. The first-order valence-electron chi connectivity index (χ1n) is 9.96. The number of benzene rings is 2. The van der Waals surface area contributed by atoms with Gasteiger partial charge < -0.3 is 14.2 Å². The van der Waals surface area contributed by atoms with E-state index in [1.54, 1.807) is 44.2 Å². The van der Waals surface area contributed by atoms with Gasteiger partial charge in [-0.1, -0.05) is 18.2 Å². The molecule has 0 saturated carbocycles. The van der Waals surface area contributed by atoms with Crippen LogP contribution in [0.1, 0.15) is 49.0 Å². The quantitative estimate of drug-likeness (QED) is 0.463. The number of para-hydroxylation sites is 1. The second-order valence-corrected chi connectivity index (χ2v) is 8.33. The Morgan fingerprint density at radius 3 is 2.40 bits per heavy atom. The Hall–Kier alpha value is -2.54. The minimum Gasteiger partial charge on any atom is -0.487 e. The van der Waals surface area contributed by atoms with Gasteiger partial charge in [0.25, 0.3) is 0 Å². The number of halogens is 3. The monoisotopic (exact) mass is 420 g/mol. The van der Waals surface area contributed by atoms with Crippen LogP contribution in [0.4, 0.5) is 13.2 Å². The third-order valence-corrected chi connectivity index (χ3v) is 5.85. The first-order chi connectivity index (χ1) is 14.1. The Morgan fingerprint density at radius 2 is 1.80 bits per heavy atom. The van der Waals surface area contributed by atoms with E-state index in [1.165, 1.54) is 0 Å². The van der Waals surface area contributed by atoms with Crippen molar-refractivity contribution in [1.29, 1.82) is 0 Å². The zero-order valence-electron chi connectivity index (χ0n) is 16.7. The van der Waals surface area contributed by atoms with E-state index in [4.69, 9.17) is 14.2 Å². The number of carbonyl (C=O) groups excluding carboxylic acids is 1. The SMILES string of the molecule is CC(C)(Oc1cc(C(=O)Oc2ccccc2)ccc1C(F)(F)F)C1CC2CCC1O2. The molecule has 2 heterocycles. The molecule has 2 fully saturated rings. The van der Waals surface area contributed by atoms with Crippen LogP contribution < -0.4 is 9.47 Å². The number of fused-ring (bicyclic) bond motifs is 2. The fourth-order valence-electron chi connectivity index (χ4n) is 4.35. The van der Waals surface area contributed by atoms with Gasteiger partial charge in [-0.25, -0.2) is 4.79 Å². The average Bonchev–Trinajstić information content (AvgIpc) is 3.31. The van der Waals surface area contributed by atoms with E-state index >= 15 is 0 Å².